The van der Waals surface area contributed by atoms with Crippen LogP contribution in [0.2, 0.25) is 0 Å². The Bertz CT molecular complexity index is 1010. The molecule has 2 aromatic heterocycles. The molecule has 0 unspecified atom stereocenters. The molecule has 0 spiro atoms. The molecule has 6 heteroatoms. The van der Waals surface area contributed by atoms with Gasteiger partial charge in [-0.15, -0.1) is 0 Å². The minimum Gasteiger partial charge on any atom is -0.361 e. The molecule has 1 N–H and O–H groups in total. The zero-order chi connectivity index (χ0) is 17.7. The molecule has 0 atom stereocenters. The summed E-state index contributed by atoms with van der Waals surface area (Å²) in [6, 6.07) is 4.61. The number of carbonyl (C=O) groups excluding carboxylic acids is 1. The van der Waals surface area contributed by atoms with E-state index in [-0.39, 0.29) is 11.7 Å². The van der Waals surface area contributed by atoms with Crippen molar-refractivity contribution in [3.8, 4) is 0 Å². The fourth-order valence-corrected chi connectivity index (χ4v) is 3.66. The highest BCUT2D eigenvalue weighted by Gasteiger charge is 2.29. The van der Waals surface area contributed by atoms with E-state index >= 15 is 0 Å². The van der Waals surface area contributed by atoms with Crippen molar-refractivity contribution in [1.82, 2.24) is 19.9 Å². The lowest BCUT2D eigenvalue weighted by Gasteiger charge is -2.28. The lowest BCUT2D eigenvalue weighted by Crippen LogP contribution is -2.37. The second-order valence-electron chi connectivity index (χ2n) is 7.22. The van der Waals surface area contributed by atoms with Crippen molar-refractivity contribution >= 4 is 16.8 Å². The number of hydrogen-bond donors (Lipinski definition) is 1. The summed E-state index contributed by atoms with van der Waals surface area (Å²) in [5, 5.41) is 0.898. The van der Waals surface area contributed by atoms with Crippen molar-refractivity contribution < 1.29 is 9.18 Å². The molecule has 1 aliphatic heterocycles. The van der Waals surface area contributed by atoms with E-state index in [1.165, 1.54) is 25.0 Å². The molecule has 1 aliphatic carbocycles. The van der Waals surface area contributed by atoms with Gasteiger partial charge >= 0.3 is 0 Å². The summed E-state index contributed by atoms with van der Waals surface area (Å²) in [7, 11) is 0. The van der Waals surface area contributed by atoms with E-state index in [2.05, 4.69) is 9.97 Å². The van der Waals surface area contributed by atoms with Crippen molar-refractivity contribution in [2.45, 2.75) is 38.1 Å². The van der Waals surface area contributed by atoms with Gasteiger partial charge in [0, 0.05) is 54.3 Å². The first-order chi connectivity index (χ1) is 12.7. The lowest BCUT2D eigenvalue weighted by molar-refractivity contribution is -0.131. The minimum absolute atomic E-state index is 0.0761. The van der Waals surface area contributed by atoms with Crippen LogP contribution in [0, 0.1) is 5.82 Å². The second-order valence-corrected chi connectivity index (χ2v) is 7.22. The average molecular weight is 350 g/mol. The first-order valence-electron chi connectivity index (χ1n) is 9.05. The van der Waals surface area contributed by atoms with Gasteiger partial charge in [-0.1, -0.05) is 0 Å². The van der Waals surface area contributed by atoms with Crippen LogP contribution in [0.5, 0.6) is 0 Å². The van der Waals surface area contributed by atoms with Gasteiger partial charge in [0.25, 0.3) is 0 Å². The highest BCUT2D eigenvalue weighted by Crippen LogP contribution is 2.38. The molecule has 26 heavy (non-hydrogen) atoms. The van der Waals surface area contributed by atoms with Gasteiger partial charge in [-0.25, -0.2) is 14.4 Å². The number of aromatic nitrogens is 3. The van der Waals surface area contributed by atoms with Crippen LogP contribution in [0.1, 0.15) is 41.4 Å². The normalized spacial score (nSPS) is 16.7. The highest BCUT2D eigenvalue weighted by molar-refractivity contribution is 5.89. The first kappa shape index (κ1) is 15.5. The van der Waals surface area contributed by atoms with Crippen LogP contribution in [-0.4, -0.2) is 32.3 Å². The molecule has 5 rings (SSSR count). The number of amides is 1. The van der Waals surface area contributed by atoms with E-state index in [0.29, 0.717) is 25.4 Å². The average Bonchev–Trinajstić information content (AvgIpc) is 3.43. The number of hydrogen-bond acceptors (Lipinski definition) is 3. The topological polar surface area (TPSA) is 61.9 Å². The number of H-pyrrole nitrogens is 1. The number of rotatable bonds is 3. The van der Waals surface area contributed by atoms with Gasteiger partial charge in [-0.2, -0.15) is 0 Å². The van der Waals surface area contributed by atoms with Gasteiger partial charge in [0.1, 0.15) is 11.6 Å². The Morgan fingerprint density at radius 1 is 1.35 bits per heavy atom. The Morgan fingerprint density at radius 2 is 2.23 bits per heavy atom. The fraction of sp³-hybridized carbons (Fsp3) is 0.350. The molecule has 1 fully saturated rings. The predicted molar refractivity (Wildman–Crippen MR) is 95.1 cm³/mol. The second kappa shape index (κ2) is 5.90. The van der Waals surface area contributed by atoms with Gasteiger partial charge in [0.15, 0.2) is 0 Å². The SMILES string of the molecule is O=C(Cc1c[nH]c2cc(F)ccc12)N1CCc2nc(C3CC3)ncc2C1. The first-order valence-corrected chi connectivity index (χ1v) is 9.05. The standard InChI is InChI=1S/C20H19FN4O/c21-15-3-4-16-13(9-22-18(16)8-15)7-19(26)25-6-5-17-14(11-25)10-23-20(24-17)12-1-2-12/h3-4,8-10,12,22H,1-2,5-7,11H2. The third kappa shape index (κ3) is 2.75. The number of nitrogens with zero attached hydrogens (tertiary/aromatic N) is 3. The van der Waals surface area contributed by atoms with Crippen LogP contribution in [-0.2, 0) is 24.2 Å². The molecule has 2 aliphatic rings. The molecule has 3 heterocycles. The zero-order valence-corrected chi connectivity index (χ0v) is 14.3. The Balaban J connectivity index is 1.33. The monoisotopic (exact) mass is 350 g/mol. The maximum atomic E-state index is 13.3. The number of halogens is 1. The van der Waals surface area contributed by atoms with E-state index in [1.54, 1.807) is 12.3 Å². The van der Waals surface area contributed by atoms with Gasteiger partial charge in [0.05, 0.1) is 12.1 Å². The Morgan fingerprint density at radius 3 is 3.08 bits per heavy atom. The van der Waals surface area contributed by atoms with E-state index in [4.69, 9.17) is 4.98 Å². The largest absolute Gasteiger partial charge is 0.361 e. The summed E-state index contributed by atoms with van der Waals surface area (Å²) in [6.45, 7) is 1.25. The molecule has 1 aromatic carbocycles. The summed E-state index contributed by atoms with van der Waals surface area (Å²) in [5.41, 5.74) is 3.76. The summed E-state index contributed by atoms with van der Waals surface area (Å²) < 4.78 is 13.3. The number of benzene rings is 1. The summed E-state index contributed by atoms with van der Waals surface area (Å²) >= 11 is 0. The molecular weight excluding hydrogens is 331 g/mol. The maximum Gasteiger partial charge on any atom is 0.227 e. The van der Waals surface area contributed by atoms with E-state index in [1.807, 2.05) is 11.1 Å². The molecule has 0 saturated heterocycles. The van der Waals surface area contributed by atoms with Crippen molar-refractivity contribution in [1.29, 1.82) is 0 Å². The Labute approximate surface area is 150 Å². The Hall–Kier alpha value is -2.76. The van der Waals surface area contributed by atoms with Crippen molar-refractivity contribution in [3.63, 3.8) is 0 Å². The zero-order valence-electron chi connectivity index (χ0n) is 14.3. The molecule has 132 valence electrons. The van der Waals surface area contributed by atoms with Crippen LogP contribution >= 0.6 is 0 Å². The van der Waals surface area contributed by atoms with Gasteiger partial charge in [-0.05, 0) is 36.6 Å². The number of fused-ring (bicyclic) bond motifs is 2. The number of nitrogens with one attached hydrogen (secondary N) is 1. The minimum atomic E-state index is -0.282. The highest BCUT2D eigenvalue weighted by atomic mass is 19.1. The third-order valence-corrected chi connectivity index (χ3v) is 5.32. The van der Waals surface area contributed by atoms with Crippen LogP contribution in [0.4, 0.5) is 4.39 Å². The van der Waals surface area contributed by atoms with E-state index < -0.39 is 0 Å². The van der Waals surface area contributed by atoms with Crippen LogP contribution in [0.15, 0.2) is 30.6 Å². The quantitative estimate of drug-likeness (QED) is 0.789. The number of carbonyl (C=O) groups is 1. The van der Waals surface area contributed by atoms with Crippen LogP contribution < -0.4 is 0 Å². The molecule has 5 nitrogen and oxygen atoms in total. The summed E-state index contributed by atoms with van der Waals surface area (Å²) in [6.07, 6.45) is 7.16. The fourth-order valence-electron chi connectivity index (χ4n) is 3.66. The molecule has 0 radical (unpaired) electrons. The third-order valence-electron chi connectivity index (χ3n) is 5.32. The van der Waals surface area contributed by atoms with Gasteiger partial charge in [-0.3, -0.25) is 4.79 Å². The van der Waals surface area contributed by atoms with E-state index in [0.717, 1.165) is 40.0 Å². The van der Waals surface area contributed by atoms with Crippen LogP contribution in [0.25, 0.3) is 10.9 Å². The van der Waals surface area contributed by atoms with E-state index in [9.17, 15) is 9.18 Å². The molecule has 1 saturated carbocycles. The molecule has 3 aromatic rings. The smallest absolute Gasteiger partial charge is 0.227 e. The predicted octanol–water partition coefficient (Wildman–Crippen LogP) is 3.10. The van der Waals surface area contributed by atoms with Gasteiger partial charge < -0.3 is 9.88 Å². The summed E-state index contributed by atoms with van der Waals surface area (Å²) in [4.78, 5) is 26.9. The Kier molecular flexibility index (Phi) is 3.51. The molecular formula is C20H19FN4O. The summed E-state index contributed by atoms with van der Waals surface area (Å²) in [5.74, 6) is 1.31. The van der Waals surface area contributed by atoms with Crippen molar-refractivity contribution in [3.05, 3.63) is 59.1 Å². The lowest BCUT2D eigenvalue weighted by atomic mass is 10.0. The van der Waals surface area contributed by atoms with Gasteiger partial charge in [0.2, 0.25) is 5.91 Å². The maximum absolute atomic E-state index is 13.3. The van der Waals surface area contributed by atoms with Crippen LogP contribution in [0.3, 0.4) is 0 Å². The molecule has 0 bridgehead atoms. The number of aromatic amines is 1. The molecule has 1 amide bonds. The van der Waals surface area contributed by atoms with Crippen molar-refractivity contribution in [2.75, 3.05) is 6.54 Å². The van der Waals surface area contributed by atoms with Crippen molar-refractivity contribution in [2.24, 2.45) is 0 Å².